The minimum absolute atomic E-state index is 0.0646. The number of rotatable bonds is 14. The molecule has 6 nitrogen and oxygen atoms in total. The number of hydrogen-bond acceptors (Lipinski definition) is 8. The molecule has 2 N–H and O–H groups in total. The van der Waals surface area contributed by atoms with Crippen LogP contribution in [0.1, 0.15) is 15.9 Å². The molecule has 0 aromatic heterocycles. The Morgan fingerprint density at radius 1 is 0.706 bits per heavy atom. The second-order valence-corrected chi connectivity index (χ2v) is 9.58. The third-order valence-corrected chi connectivity index (χ3v) is 6.85. The summed E-state index contributed by atoms with van der Waals surface area (Å²) in [6.45, 7) is 0.181. The normalized spacial score (nSPS) is 12.8. The molecule has 8 heteroatoms. The summed E-state index contributed by atoms with van der Waals surface area (Å²) in [7, 11) is 0. The smallest absolute Gasteiger partial charge is 0.338 e. The Labute approximate surface area is 208 Å². The molecule has 3 rings (SSSR count). The molecule has 3 aromatic carbocycles. The van der Waals surface area contributed by atoms with Crippen LogP contribution in [0.25, 0.3) is 0 Å². The fourth-order valence-electron chi connectivity index (χ4n) is 2.74. The van der Waals surface area contributed by atoms with Crippen LogP contribution in [0.15, 0.2) is 94.7 Å². The van der Waals surface area contributed by atoms with Gasteiger partial charge in [0, 0.05) is 21.3 Å². The Bertz CT molecular complexity index is 970. The van der Waals surface area contributed by atoms with Gasteiger partial charge >= 0.3 is 5.97 Å². The number of aliphatic hydroxyl groups excluding tert-OH is 2. The van der Waals surface area contributed by atoms with E-state index in [0.717, 1.165) is 15.4 Å². The molecule has 0 aliphatic rings. The van der Waals surface area contributed by atoms with Crippen LogP contribution in [0.3, 0.4) is 0 Å². The van der Waals surface area contributed by atoms with Gasteiger partial charge in [0.2, 0.25) is 0 Å². The molecule has 0 amide bonds. The summed E-state index contributed by atoms with van der Waals surface area (Å²) in [6, 6.07) is 26.3. The Kier molecular flexibility index (Phi) is 11.5. The van der Waals surface area contributed by atoms with Crippen molar-refractivity contribution in [2.24, 2.45) is 0 Å². The molecule has 34 heavy (non-hydrogen) atoms. The van der Waals surface area contributed by atoms with Crippen molar-refractivity contribution in [1.82, 2.24) is 0 Å². The zero-order valence-corrected chi connectivity index (χ0v) is 20.3. The van der Waals surface area contributed by atoms with Crippen LogP contribution in [0.2, 0.25) is 0 Å². The van der Waals surface area contributed by atoms with E-state index in [1.807, 2.05) is 60.7 Å². The average Bonchev–Trinajstić information content (AvgIpc) is 2.89. The van der Waals surface area contributed by atoms with E-state index in [2.05, 4.69) is 0 Å². The molecule has 0 saturated carbocycles. The predicted molar refractivity (Wildman–Crippen MR) is 134 cm³/mol. The number of thioether (sulfide) groups is 2. The molecule has 0 heterocycles. The quantitative estimate of drug-likeness (QED) is 0.109. The van der Waals surface area contributed by atoms with Gasteiger partial charge in [-0.1, -0.05) is 48.5 Å². The lowest BCUT2D eigenvalue weighted by molar-refractivity contribution is -0.312. The number of hydrogen-bond donors (Lipinski definition) is 2. The number of carbonyl (C=O) groups is 1. The minimum Gasteiger partial charge on any atom is -0.459 e. The van der Waals surface area contributed by atoms with E-state index < -0.39 is 18.2 Å². The van der Waals surface area contributed by atoms with E-state index >= 15 is 0 Å². The van der Waals surface area contributed by atoms with Crippen molar-refractivity contribution in [3.63, 3.8) is 0 Å². The molecule has 0 aliphatic carbocycles. The Balaban J connectivity index is 1.29. The van der Waals surface area contributed by atoms with Crippen molar-refractivity contribution in [1.29, 1.82) is 0 Å². The summed E-state index contributed by atoms with van der Waals surface area (Å²) in [4.78, 5) is 24.6. The van der Waals surface area contributed by atoms with Gasteiger partial charge < -0.3 is 14.9 Å². The monoisotopic (exact) mass is 500 g/mol. The highest BCUT2D eigenvalue weighted by molar-refractivity contribution is 7.99. The second kappa shape index (κ2) is 14.8. The predicted octanol–water partition coefficient (Wildman–Crippen LogP) is 4.60. The number of carbonyl (C=O) groups excluding carboxylic acids is 1. The lowest BCUT2D eigenvalue weighted by Gasteiger charge is -2.12. The molecule has 0 fully saturated rings. The van der Waals surface area contributed by atoms with Crippen LogP contribution in [-0.2, 0) is 21.1 Å². The molecular weight excluding hydrogens is 472 g/mol. The molecule has 0 aliphatic heterocycles. The first-order valence-electron chi connectivity index (χ1n) is 10.8. The van der Waals surface area contributed by atoms with Gasteiger partial charge in [-0.25, -0.2) is 14.6 Å². The van der Waals surface area contributed by atoms with Crippen LogP contribution >= 0.6 is 23.5 Å². The summed E-state index contributed by atoms with van der Waals surface area (Å²) < 4.78 is 5.21. The van der Waals surface area contributed by atoms with Crippen molar-refractivity contribution in [3.8, 4) is 0 Å². The van der Waals surface area contributed by atoms with Crippen LogP contribution in [-0.4, -0.2) is 53.1 Å². The molecule has 0 radical (unpaired) electrons. The number of aliphatic hydroxyl groups is 2. The standard InChI is InChI=1S/C26H28O6S2/c27-22(18-33-24-7-3-1-4-8-24)16-30-26(29)21-13-11-20(12-14-21)15-31-32-17-23(28)19-34-25-9-5-2-6-10-25/h1-14,22-23,27-28H,15-19H2. The minimum atomic E-state index is -0.750. The Morgan fingerprint density at radius 3 is 1.79 bits per heavy atom. The van der Waals surface area contributed by atoms with Crippen LogP contribution in [0, 0.1) is 0 Å². The van der Waals surface area contributed by atoms with Gasteiger partial charge in [-0.2, -0.15) is 0 Å². The van der Waals surface area contributed by atoms with E-state index in [-0.39, 0.29) is 19.8 Å². The molecule has 0 bridgehead atoms. The molecular formula is C26H28O6S2. The molecule has 2 unspecified atom stereocenters. The van der Waals surface area contributed by atoms with Crippen molar-refractivity contribution in [2.75, 3.05) is 24.7 Å². The molecule has 0 spiro atoms. The summed E-state index contributed by atoms with van der Waals surface area (Å²) >= 11 is 3.05. The summed E-state index contributed by atoms with van der Waals surface area (Å²) in [5.41, 5.74) is 1.20. The van der Waals surface area contributed by atoms with E-state index in [9.17, 15) is 15.0 Å². The maximum atomic E-state index is 12.2. The van der Waals surface area contributed by atoms with Gasteiger partial charge in [-0.15, -0.1) is 23.5 Å². The topological polar surface area (TPSA) is 85.2 Å². The van der Waals surface area contributed by atoms with Crippen molar-refractivity contribution < 1.29 is 29.5 Å². The van der Waals surface area contributed by atoms with Crippen LogP contribution in [0.4, 0.5) is 0 Å². The molecule has 0 saturated heterocycles. The SMILES string of the molecule is O=C(OCC(O)CSc1ccccc1)c1ccc(COOCC(O)CSc2ccccc2)cc1. The van der Waals surface area contributed by atoms with E-state index in [4.69, 9.17) is 14.5 Å². The third-order valence-electron chi connectivity index (χ3n) is 4.54. The Morgan fingerprint density at radius 2 is 1.24 bits per heavy atom. The third kappa shape index (κ3) is 9.89. The first-order chi connectivity index (χ1) is 16.6. The number of esters is 1. The maximum Gasteiger partial charge on any atom is 0.338 e. The maximum absolute atomic E-state index is 12.2. The fraction of sp³-hybridized carbons (Fsp3) is 0.269. The van der Waals surface area contributed by atoms with E-state index in [1.54, 1.807) is 36.0 Å². The average molecular weight is 501 g/mol. The first-order valence-corrected chi connectivity index (χ1v) is 12.8. The molecule has 3 aromatic rings. The zero-order valence-electron chi connectivity index (χ0n) is 18.6. The van der Waals surface area contributed by atoms with Crippen molar-refractivity contribution in [3.05, 3.63) is 96.1 Å². The molecule has 2 atom stereocenters. The summed E-state index contributed by atoms with van der Waals surface area (Å²) in [6.07, 6.45) is -1.40. The number of benzene rings is 3. The highest BCUT2D eigenvalue weighted by atomic mass is 32.2. The van der Waals surface area contributed by atoms with E-state index in [0.29, 0.717) is 17.1 Å². The van der Waals surface area contributed by atoms with Gasteiger partial charge in [0.25, 0.3) is 0 Å². The highest BCUT2D eigenvalue weighted by Crippen LogP contribution is 2.19. The first kappa shape index (κ1) is 26.3. The highest BCUT2D eigenvalue weighted by Gasteiger charge is 2.12. The zero-order chi connectivity index (χ0) is 24.0. The van der Waals surface area contributed by atoms with Crippen molar-refractivity contribution >= 4 is 29.5 Å². The van der Waals surface area contributed by atoms with Gasteiger partial charge in [0.05, 0.1) is 17.8 Å². The second-order valence-electron chi connectivity index (χ2n) is 7.40. The summed E-state index contributed by atoms with van der Waals surface area (Å²) in [5.74, 6) is 0.448. The van der Waals surface area contributed by atoms with Crippen molar-refractivity contribution in [2.45, 2.75) is 28.6 Å². The van der Waals surface area contributed by atoms with Gasteiger partial charge in [0.15, 0.2) is 0 Å². The Hall–Kier alpha value is -2.33. The van der Waals surface area contributed by atoms with Gasteiger partial charge in [0.1, 0.15) is 19.8 Å². The number of ether oxygens (including phenoxy) is 1. The van der Waals surface area contributed by atoms with E-state index in [1.165, 1.54) is 11.8 Å². The lowest BCUT2D eigenvalue weighted by Crippen LogP contribution is -2.20. The largest absolute Gasteiger partial charge is 0.459 e. The van der Waals surface area contributed by atoms with Gasteiger partial charge in [-0.3, -0.25) is 0 Å². The molecule has 180 valence electrons. The van der Waals surface area contributed by atoms with Crippen LogP contribution in [0.5, 0.6) is 0 Å². The lowest BCUT2D eigenvalue weighted by atomic mass is 10.1. The fourth-order valence-corrected chi connectivity index (χ4v) is 4.40. The van der Waals surface area contributed by atoms with Gasteiger partial charge in [-0.05, 0) is 42.0 Å². The van der Waals surface area contributed by atoms with Crippen LogP contribution < -0.4 is 0 Å². The summed E-state index contributed by atoms with van der Waals surface area (Å²) in [5, 5.41) is 20.0.